The Balaban J connectivity index is 1.52. The van der Waals surface area contributed by atoms with Crippen LogP contribution in [0.25, 0.3) is 0 Å². The number of hydrogen-bond donors (Lipinski definition) is 0. The molecule has 144 valence electrons. The van der Waals surface area contributed by atoms with Crippen LogP contribution in [0.4, 0.5) is 0 Å². The summed E-state index contributed by atoms with van der Waals surface area (Å²) in [5.41, 5.74) is 0. The number of ether oxygens (including phenoxy) is 4. The van der Waals surface area contributed by atoms with Gasteiger partial charge >= 0.3 is 0 Å². The van der Waals surface area contributed by atoms with Crippen molar-refractivity contribution in [1.29, 1.82) is 0 Å². The van der Waals surface area contributed by atoms with E-state index in [1.165, 1.54) is 19.5 Å². The standard InChI is InChI=1S/C19H23N3O5/c1-24-14-5-3-6-15(9-14)26-13-19(23)22-8-4-7-16(12-22)27-18-11-20-10-17(21-18)25-2/h3,5-6,9-11,16H,4,7-8,12-13H2,1-2H3. The number of piperidine rings is 1. The fourth-order valence-electron chi connectivity index (χ4n) is 2.85. The smallest absolute Gasteiger partial charge is 0.260 e. The number of rotatable bonds is 7. The molecule has 0 saturated carbocycles. The lowest BCUT2D eigenvalue weighted by Gasteiger charge is -2.32. The first kappa shape index (κ1) is 18.8. The van der Waals surface area contributed by atoms with Gasteiger partial charge in [0.05, 0.1) is 33.2 Å². The molecular weight excluding hydrogens is 350 g/mol. The third-order valence-corrected chi connectivity index (χ3v) is 4.22. The van der Waals surface area contributed by atoms with Crippen molar-refractivity contribution in [3.63, 3.8) is 0 Å². The summed E-state index contributed by atoms with van der Waals surface area (Å²) in [5.74, 6) is 1.98. The van der Waals surface area contributed by atoms with Gasteiger partial charge in [-0.3, -0.25) is 9.78 Å². The number of aromatic nitrogens is 2. The second-order valence-electron chi connectivity index (χ2n) is 6.09. The normalized spacial score (nSPS) is 16.5. The number of carbonyl (C=O) groups excluding carboxylic acids is 1. The molecule has 1 aliphatic heterocycles. The third-order valence-electron chi connectivity index (χ3n) is 4.22. The highest BCUT2D eigenvalue weighted by atomic mass is 16.5. The van der Waals surface area contributed by atoms with Gasteiger partial charge in [-0.15, -0.1) is 0 Å². The van der Waals surface area contributed by atoms with Crippen LogP contribution in [0.2, 0.25) is 0 Å². The molecule has 8 nitrogen and oxygen atoms in total. The lowest BCUT2D eigenvalue weighted by atomic mass is 10.1. The number of amides is 1. The van der Waals surface area contributed by atoms with Crippen LogP contribution in [-0.2, 0) is 4.79 Å². The zero-order valence-corrected chi connectivity index (χ0v) is 15.5. The molecule has 1 aliphatic rings. The first-order chi connectivity index (χ1) is 13.2. The highest BCUT2D eigenvalue weighted by Gasteiger charge is 2.25. The molecule has 1 unspecified atom stereocenters. The van der Waals surface area contributed by atoms with E-state index in [0.29, 0.717) is 36.3 Å². The summed E-state index contributed by atoms with van der Waals surface area (Å²) >= 11 is 0. The van der Waals surface area contributed by atoms with Crippen molar-refractivity contribution in [2.75, 3.05) is 33.9 Å². The molecule has 0 aliphatic carbocycles. The average Bonchev–Trinajstić information content (AvgIpc) is 2.72. The van der Waals surface area contributed by atoms with Crippen LogP contribution in [0.1, 0.15) is 12.8 Å². The van der Waals surface area contributed by atoms with Crippen molar-refractivity contribution in [3.8, 4) is 23.3 Å². The second-order valence-corrected chi connectivity index (χ2v) is 6.09. The Kier molecular flexibility index (Phi) is 6.30. The molecule has 0 bridgehead atoms. The molecule has 1 atom stereocenters. The molecular formula is C19H23N3O5. The molecule has 1 saturated heterocycles. The van der Waals surface area contributed by atoms with Gasteiger partial charge in [0.1, 0.15) is 17.6 Å². The number of likely N-dealkylation sites (tertiary alicyclic amines) is 1. The predicted molar refractivity (Wildman–Crippen MR) is 97.3 cm³/mol. The van der Waals surface area contributed by atoms with E-state index in [9.17, 15) is 4.79 Å². The van der Waals surface area contributed by atoms with Crippen molar-refractivity contribution in [1.82, 2.24) is 14.9 Å². The van der Waals surface area contributed by atoms with Gasteiger partial charge in [0, 0.05) is 12.6 Å². The fraction of sp³-hybridized carbons (Fsp3) is 0.421. The largest absolute Gasteiger partial charge is 0.497 e. The molecule has 3 rings (SSSR count). The van der Waals surface area contributed by atoms with Crippen LogP contribution >= 0.6 is 0 Å². The average molecular weight is 373 g/mol. The first-order valence-electron chi connectivity index (χ1n) is 8.75. The van der Waals surface area contributed by atoms with Crippen LogP contribution in [0.3, 0.4) is 0 Å². The minimum Gasteiger partial charge on any atom is -0.497 e. The van der Waals surface area contributed by atoms with E-state index in [1.54, 1.807) is 24.1 Å². The van der Waals surface area contributed by atoms with Crippen LogP contribution in [-0.4, -0.2) is 60.8 Å². The molecule has 1 aromatic carbocycles. The van der Waals surface area contributed by atoms with Crippen LogP contribution < -0.4 is 18.9 Å². The summed E-state index contributed by atoms with van der Waals surface area (Å²) in [5, 5.41) is 0. The van der Waals surface area contributed by atoms with Crippen molar-refractivity contribution in [2.45, 2.75) is 18.9 Å². The number of hydrogen-bond acceptors (Lipinski definition) is 7. The van der Waals surface area contributed by atoms with E-state index < -0.39 is 0 Å². The minimum atomic E-state index is -0.138. The Bertz CT molecular complexity index is 771. The van der Waals surface area contributed by atoms with Crippen LogP contribution in [0, 0.1) is 0 Å². The highest BCUT2D eigenvalue weighted by Crippen LogP contribution is 2.20. The summed E-state index contributed by atoms with van der Waals surface area (Å²) in [6.45, 7) is 1.14. The molecule has 0 radical (unpaired) electrons. The molecule has 27 heavy (non-hydrogen) atoms. The zero-order chi connectivity index (χ0) is 19.1. The summed E-state index contributed by atoms with van der Waals surface area (Å²) in [6, 6.07) is 7.18. The maximum atomic E-state index is 12.5. The van der Waals surface area contributed by atoms with E-state index in [-0.39, 0.29) is 18.6 Å². The number of methoxy groups -OCH3 is 2. The molecule has 2 heterocycles. The lowest BCUT2D eigenvalue weighted by Crippen LogP contribution is -2.46. The number of benzene rings is 1. The zero-order valence-electron chi connectivity index (χ0n) is 15.5. The fourth-order valence-corrected chi connectivity index (χ4v) is 2.85. The lowest BCUT2D eigenvalue weighted by molar-refractivity contribution is -0.136. The van der Waals surface area contributed by atoms with Crippen molar-refractivity contribution < 1.29 is 23.7 Å². The van der Waals surface area contributed by atoms with E-state index in [4.69, 9.17) is 18.9 Å². The maximum absolute atomic E-state index is 12.5. The van der Waals surface area contributed by atoms with Crippen molar-refractivity contribution >= 4 is 5.91 Å². The first-order valence-corrected chi connectivity index (χ1v) is 8.75. The molecule has 8 heteroatoms. The van der Waals surface area contributed by atoms with E-state index >= 15 is 0 Å². The SMILES string of the molecule is COc1cccc(OCC(=O)N2CCCC(Oc3cncc(OC)n3)C2)c1. The van der Waals surface area contributed by atoms with Crippen LogP contribution in [0.15, 0.2) is 36.7 Å². The van der Waals surface area contributed by atoms with Crippen molar-refractivity contribution in [3.05, 3.63) is 36.7 Å². The van der Waals surface area contributed by atoms with Gasteiger partial charge in [0.15, 0.2) is 6.61 Å². The maximum Gasteiger partial charge on any atom is 0.260 e. The topological polar surface area (TPSA) is 83.0 Å². The Hall–Kier alpha value is -3.03. The molecule has 1 amide bonds. The summed E-state index contributed by atoms with van der Waals surface area (Å²) in [7, 11) is 3.11. The van der Waals surface area contributed by atoms with Gasteiger partial charge in [-0.2, -0.15) is 4.98 Å². The van der Waals surface area contributed by atoms with Gasteiger partial charge in [0.25, 0.3) is 5.91 Å². The summed E-state index contributed by atoms with van der Waals surface area (Å²) in [6.07, 6.45) is 4.61. The van der Waals surface area contributed by atoms with Gasteiger partial charge in [-0.25, -0.2) is 0 Å². The second kappa shape index (κ2) is 9.07. The van der Waals surface area contributed by atoms with E-state index in [2.05, 4.69) is 9.97 Å². The molecule has 1 fully saturated rings. The van der Waals surface area contributed by atoms with Gasteiger partial charge < -0.3 is 23.8 Å². The van der Waals surface area contributed by atoms with Crippen LogP contribution in [0.5, 0.6) is 23.3 Å². The predicted octanol–water partition coefficient (Wildman–Crippen LogP) is 1.94. The van der Waals surface area contributed by atoms with Crippen molar-refractivity contribution in [2.24, 2.45) is 0 Å². The van der Waals surface area contributed by atoms with Gasteiger partial charge in [0.2, 0.25) is 11.8 Å². The molecule has 1 aromatic heterocycles. The molecule has 2 aromatic rings. The minimum absolute atomic E-state index is 0.0289. The molecule has 0 N–H and O–H groups in total. The highest BCUT2D eigenvalue weighted by molar-refractivity contribution is 5.78. The quantitative estimate of drug-likeness (QED) is 0.733. The van der Waals surface area contributed by atoms with E-state index in [0.717, 1.165) is 12.8 Å². The monoisotopic (exact) mass is 373 g/mol. The Morgan fingerprint density at radius 2 is 2.00 bits per heavy atom. The third kappa shape index (κ3) is 5.22. The Morgan fingerprint density at radius 1 is 1.19 bits per heavy atom. The van der Waals surface area contributed by atoms with Gasteiger partial charge in [-0.05, 0) is 25.0 Å². The summed E-state index contributed by atoms with van der Waals surface area (Å²) in [4.78, 5) is 22.5. The Labute approximate surface area is 158 Å². The Morgan fingerprint density at radius 3 is 2.81 bits per heavy atom. The van der Waals surface area contributed by atoms with E-state index in [1.807, 2.05) is 12.1 Å². The molecule has 0 spiro atoms. The number of nitrogens with zero attached hydrogens (tertiary/aromatic N) is 3. The number of carbonyl (C=O) groups is 1. The van der Waals surface area contributed by atoms with Gasteiger partial charge in [-0.1, -0.05) is 6.07 Å². The summed E-state index contributed by atoms with van der Waals surface area (Å²) < 4.78 is 21.7.